The Balaban J connectivity index is 1.82. The van der Waals surface area contributed by atoms with Crippen LogP contribution in [0.15, 0.2) is 78.2 Å². The van der Waals surface area contributed by atoms with E-state index in [1.54, 1.807) is 0 Å². The highest BCUT2D eigenvalue weighted by atomic mass is 32.1. The Labute approximate surface area is 134 Å². The normalized spacial score (nSPS) is 11.8. The van der Waals surface area contributed by atoms with Crippen molar-refractivity contribution in [1.29, 1.82) is 0 Å². The maximum Gasteiger partial charge on any atom is 0.261 e. The average Bonchev–Trinajstić information content (AvgIpc) is 3.11. The fourth-order valence-corrected chi connectivity index (χ4v) is 3.05. The van der Waals surface area contributed by atoms with Crippen molar-refractivity contribution in [2.45, 2.75) is 12.5 Å². The quantitative estimate of drug-likeness (QED) is 0.740. The van der Waals surface area contributed by atoms with Gasteiger partial charge in [0.25, 0.3) is 5.91 Å². The van der Waals surface area contributed by atoms with Gasteiger partial charge in [0.15, 0.2) is 0 Å². The molecule has 3 aromatic rings. The molecule has 1 aromatic heterocycles. The predicted molar refractivity (Wildman–Crippen MR) is 91.1 cm³/mol. The van der Waals surface area contributed by atoms with Gasteiger partial charge in [-0.25, -0.2) is 0 Å². The number of benzene rings is 2. The molecular weight excluding hydrogens is 290 g/mol. The largest absolute Gasteiger partial charge is 0.344 e. The lowest BCUT2D eigenvalue weighted by Gasteiger charge is -2.19. The fourth-order valence-electron chi connectivity index (χ4n) is 2.42. The summed E-state index contributed by atoms with van der Waals surface area (Å²) in [6, 6.07) is 24.1. The average molecular weight is 307 g/mol. The van der Waals surface area contributed by atoms with Crippen LogP contribution >= 0.6 is 11.3 Å². The molecular formula is C19H17NOS. The van der Waals surface area contributed by atoms with E-state index in [4.69, 9.17) is 0 Å². The Morgan fingerprint density at radius 3 is 2.23 bits per heavy atom. The first-order chi connectivity index (χ1) is 10.8. The second-order valence-corrected chi connectivity index (χ2v) is 6.05. The number of hydrogen-bond donors (Lipinski definition) is 1. The molecule has 0 fully saturated rings. The zero-order valence-corrected chi connectivity index (χ0v) is 12.9. The summed E-state index contributed by atoms with van der Waals surface area (Å²) in [5.41, 5.74) is 2.33. The summed E-state index contributed by atoms with van der Waals surface area (Å²) < 4.78 is 0. The molecule has 0 radical (unpaired) electrons. The maximum atomic E-state index is 12.4. The van der Waals surface area contributed by atoms with Gasteiger partial charge in [-0.15, -0.1) is 11.3 Å². The molecule has 2 nitrogen and oxygen atoms in total. The van der Waals surface area contributed by atoms with Gasteiger partial charge < -0.3 is 5.32 Å². The van der Waals surface area contributed by atoms with Crippen LogP contribution in [-0.2, 0) is 6.42 Å². The topological polar surface area (TPSA) is 29.1 Å². The number of hydrogen-bond acceptors (Lipinski definition) is 2. The summed E-state index contributed by atoms with van der Waals surface area (Å²) in [6.07, 6.45) is 0.780. The first-order valence-corrected chi connectivity index (χ1v) is 8.14. The summed E-state index contributed by atoms with van der Waals surface area (Å²) in [5, 5.41) is 5.08. The minimum absolute atomic E-state index is 0.0141. The van der Waals surface area contributed by atoms with E-state index in [1.165, 1.54) is 16.9 Å². The molecule has 1 atom stereocenters. The molecule has 0 saturated heterocycles. The molecule has 22 heavy (non-hydrogen) atoms. The number of nitrogens with one attached hydrogen (secondary N) is 1. The van der Waals surface area contributed by atoms with E-state index in [2.05, 4.69) is 29.6 Å². The van der Waals surface area contributed by atoms with Crippen LogP contribution < -0.4 is 5.32 Å². The van der Waals surface area contributed by atoms with E-state index >= 15 is 0 Å². The molecule has 0 aliphatic heterocycles. The molecule has 1 N–H and O–H groups in total. The molecule has 0 bridgehead atoms. The Kier molecular flexibility index (Phi) is 4.66. The van der Waals surface area contributed by atoms with Gasteiger partial charge in [-0.2, -0.15) is 0 Å². The molecule has 3 heteroatoms. The number of rotatable bonds is 5. The monoisotopic (exact) mass is 307 g/mol. The van der Waals surface area contributed by atoms with E-state index in [0.29, 0.717) is 0 Å². The number of thiophene rings is 1. The first kappa shape index (κ1) is 14.5. The fraction of sp³-hybridized carbons (Fsp3) is 0.105. The molecule has 0 unspecified atom stereocenters. The highest BCUT2D eigenvalue weighted by Gasteiger charge is 2.16. The summed E-state index contributed by atoms with van der Waals surface area (Å²) >= 11 is 1.46. The molecule has 1 amide bonds. The van der Waals surface area contributed by atoms with E-state index in [9.17, 15) is 4.79 Å². The molecule has 0 saturated carbocycles. The Bertz CT molecular complexity index is 708. The third-order valence-corrected chi connectivity index (χ3v) is 4.40. The van der Waals surface area contributed by atoms with Crippen LogP contribution in [0.25, 0.3) is 0 Å². The summed E-state index contributed by atoms with van der Waals surface area (Å²) in [6.45, 7) is 0. The van der Waals surface area contributed by atoms with Gasteiger partial charge in [-0.05, 0) is 29.0 Å². The molecule has 1 heterocycles. The van der Waals surface area contributed by atoms with Gasteiger partial charge in [-0.3, -0.25) is 4.79 Å². The zero-order chi connectivity index (χ0) is 15.2. The van der Waals surface area contributed by atoms with Crippen LogP contribution in [0.5, 0.6) is 0 Å². The highest BCUT2D eigenvalue weighted by Crippen LogP contribution is 2.20. The predicted octanol–water partition coefficient (Wildman–Crippen LogP) is 4.46. The van der Waals surface area contributed by atoms with Crippen LogP contribution in [-0.4, -0.2) is 5.91 Å². The summed E-state index contributed by atoms with van der Waals surface area (Å²) in [7, 11) is 0. The van der Waals surface area contributed by atoms with Crippen molar-refractivity contribution in [1.82, 2.24) is 5.32 Å². The van der Waals surface area contributed by atoms with Crippen LogP contribution in [0.2, 0.25) is 0 Å². The third-order valence-electron chi connectivity index (χ3n) is 3.53. The molecule has 0 aliphatic rings. The molecule has 110 valence electrons. The standard InChI is InChI=1S/C19H17NOS/c21-19(18-12-7-13-22-18)20-17(16-10-5-2-6-11-16)14-15-8-3-1-4-9-15/h1-13,17H,14H2,(H,20,21)/t17-/m1/s1. The second-order valence-electron chi connectivity index (χ2n) is 5.10. The van der Waals surface area contributed by atoms with Crippen LogP contribution in [0.1, 0.15) is 26.8 Å². The Morgan fingerprint density at radius 2 is 1.59 bits per heavy atom. The molecule has 0 spiro atoms. The van der Waals surface area contributed by atoms with Crippen molar-refractivity contribution >= 4 is 17.2 Å². The highest BCUT2D eigenvalue weighted by molar-refractivity contribution is 7.12. The molecule has 0 aliphatic carbocycles. The van der Waals surface area contributed by atoms with Gasteiger partial charge in [-0.1, -0.05) is 66.7 Å². The lowest BCUT2D eigenvalue weighted by Crippen LogP contribution is -2.29. The number of amides is 1. The summed E-state index contributed by atoms with van der Waals surface area (Å²) in [5.74, 6) is -0.0141. The van der Waals surface area contributed by atoms with E-state index in [-0.39, 0.29) is 11.9 Å². The van der Waals surface area contributed by atoms with Gasteiger partial charge >= 0.3 is 0 Å². The van der Waals surface area contributed by atoms with Crippen LogP contribution in [0.4, 0.5) is 0 Å². The van der Waals surface area contributed by atoms with Crippen molar-refractivity contribution < 1.29 is 4.79 Å². The van der Waals surface area contributed by atoms with Crippen molar-refractivity contribution in [3.8, 4) is 0 Å². The Morgan fingerprint density at radius 1 is 0.909 bits per heavy atom. The minimum Gasteiger partial charge on any atom is -0.344 e. The zero-order valence-electron chi connectivity index (χ0n) is 12.1. The maximum absolute atomic E-state index is 12.4. The van der Waals surface area contributed by atoms with Gasteiger partial charge in [0, 0.05) is 0 Å². The van der Waals surface area contributed by atoms with Gasteiger partial charge in [0.1, 0.15) is 0 Å². The van der Waals surface area contributed by atoms with Gasteiger partial charge in [0.05, 0.1) is 10.9 Å². The lowest BCUT2D eigenvalue weighted by molar-refractivity contribution is 0.0940. The summed E-state index contributed by atoms with van der Waals surface area (Å²) in [4.78, 5) is 13.1. The molecule has 3 rings (SSSR count). The Hall–Kier alpha value is -2.39. The minimum atomic E-state index is -0.0294. The first-order valence-electron chi connectivity index (χ1n) is 7.26. The lowest BCUT2D eigenvalue weighted by atomic mass is 9.99. The van der Waals surface area contributed by atoms with Gasteiger partial charge in [0.2, 0.25) is 0 Å². The van der Waals surface area contributed by atoms with Crippen molar-refractivity contribution in [2.24, 2.45) is 0 Å². The van der Waals surface area contributed by atoms with Crippen molar-refractivity contribution in [3.63, 3.8) is 0 Å². The smallest absolute Gasteiger partial charge is 0.261 e. The second kappa shape index (κ2) is 7.05. The van der Waals surface area contributed by atoms with Crippen molar-refractivity contribution in [2.75, 3.05) is 0 Å². The van der Waals surface area contributed by atoms with E-state index in [1.807, 2.05) is 53.9 Å². The SMILES string of the molecule is O=C(N[C@H](Cc1ccccc1)c1ccccc1)c1cccs1. The van der Waals surface area contributed by atoms with E-state index < -0.39 is 0 Å². The van der Waals surface area contributed by atoms with E-state index in [0.717, 1.165) is 16.9 Å². The molecule has 2 aromatic carbocycles. The van der Waals surface area contributed by atoms with Crippen molar-refractivity contribution in [3.05, 3.63) is 94.2 Å². The van der Waals surface area contributed by atoms with Crippen LogP contribution in [0, 0.1) is 0 Å². The third kappa shape index (κ3) is 3.62. The number of carbonyl (C=O) groups is 1. The van der Waals surface area contributed by atoms with Crippen LogP contribution in [0.3, 0.4) is 0 Å². The number of carbonyl (C=O) groups excluding carboxylic acids is 1.